The lowest BCUT2D eigenvalue weighted by Crippen LogP contribution is -2.06. The molecule has 116 valence electrons. The Morgan fingerprint density at radius 1 is 1.10 bits per heavy atom. The quantitative estimate of drug-likeness (QED) is 0.577. The van der Waals surface area contributed by atoms with Gasteiger partial charge in [-0.2, -0.15) is 0 Å². The molecule has 0 saturated heterocycles. The van der Waals surface area contributed by atoms with Crippen LogP contribution in [0.5, 0.6) is 0 Å². The number of benzene rings is 1. The third-order valence-corrected chi connectivity index (χ3v) is 2.64. The fourth-order valence-electron chi connectivity index (χ4n) is 1.86. The molecule has 0 aliphatic heterocycles. The molecule has 1 aromatic rings. The molecular weight excluding hydrogens is 256 g/mol. The zero-order valence-corrected chi connectivity index (χ0v) is 14.2. The van der Waals surface area contributed by atoms with Crippen LogP contribution in [0.15, 0.2) is 67.3 Å². The molecule has 1 atom stereocenters. The molecule has 1 rings (SSSR count). The maximum atomic E-state index is 11.4. The molecule has 0 aromatic heterocycles. The molecule has 0 amide bonds. The molecule has 0 radical (unpaired) electrons. The summed E-state index contributed by atoms with van der Waals surface area (Å²) in [6.07, 6.45) is 5.93. The van der Waals surface area contributed by atoms with Gasteiger partial charge >= 0.3 is 0 Å². The number of hydrogen-bond donors (Lipinski definition) is 0. The van der Waals surface area contributed by atoms with Gasteiger partial charge in [-0.15, -0.1) is 0 Å². The molecule has 1 unspecified atom stereocenters. The largest absolute Gasteiger partial charge is 0.300 e. The first-order valence-electron chi connectivity index (χ1n) is 7.68. The van der Waals surface area contributed by atoms with E-state index in [0.717, 1.165) is 11.1 Å². The smallest absolute Gasteiger partial charge is 0.130 e. The average Bonchev–Trinajstić information content (AvgIpc) is 2.55. The predicted octanol–water partition coefficient (Wildman–Crippen LogP) is 6.10. The summed E-state index contributed by atoms with van der Waals surface area (Å²) in [5.41, 5.74) is 2.16. The van der Waals surface area contributed by atoms with Gasteiger partial charge in [0.15, 0.2) is 0 Å². The summed E-state index contributed by atoms with van der Waals surface area (Å²) in [4.78, 5) is 11.4. The fourth-order valence-corrected chi connectivity index (χ4v) is 1.86. The highest BCUT2D eigenvalue weighted by Gasteiger charge is 2.16. The number of Topliss-reactive ketones (excluding diaryl/α,β-unsaturated/α-hetero) is 1. The lowest BCUT2D eigenvalue weighted by molar-refractivity contribution is -0.117. The van der Waals surface area contributed by atoms with Gasteiger partial charge in [0.2, 0.25) is 0 Å². The van der Waals surface area contributed by atoms with Crippen LogP contribution in [-0.2, 0) is 4.79 Å². The van der Waals surface area contributed by atoms with Gasteiger partial charge in [0.25, 0.3) is 0 Å². The first-order chi connectivity index (χ1) is 10.2. The van der Waals surface area contributed by atoms with Crippen molar-refractivity contribution < 1.29 is 4.79 Å². The number of hydrogen-bond acceptors (Lipinski definition) is 1. The van der Waals surface area contributed by atoms with E-state index >= 15 is 0 Å². The number of allylic oxidation sites excluding steroid dienone is 4. The fraction of sp³-hybridized carbons (Fsp3) is 0.350. The minimum absolute atomic E-state index is 0.0733. The zero-order chi connectivity index (χ0) is 16.7. The summed E-state index contributed by atoms with van der Waals surface area (Å²) in [5.74, 6) is 0.250. The van der Waals surface area contributed by atoms with Gasteiger partial charge in [0.05, 0.1) is 0 Å². The van der Waals surface area contributed by atoms with Gasteiger partial charge in [-0.25, -0.2) is 0 Å². The van der Waals surface area contributed by atoms with E-state index in [9.17, 15) is 4.79 Å². The summed E-state index contributed by atoms with van der Waals surface area (Å²) in [6, 6.07) is 10.0. The maximum absolute atomic E-state index is 11.4. The molecule has 0 bridgehead atoms. The highest BCUT2D eigenvalue weighted by atomic mass is 16.1. The molecule has 0 saturated carbocycles. The molecule has 21 heavy (non-hydrogen) atoms. The van der Waals surface area contributed by atoms with E-state index in [4.69, 9.17) is 0 Å². The summed E-state index contributed by atoms with van der Waals surface area (Å²) in [7, 11) is 0. The molecule has 0 aliphatic carbocycles. The number of rotatable bonds is 6. The van der Waals surface area contributed by atoms with Crippen LogP contribution in [-0.4, -0.2) is 5.78 Å². The van der Waals surface area contributed by atoms with Crippen molar-refractivity contribution in [2.24, 2.45) is 0 Å². The van der Waals surface area contributed by atoms with Crippen LogP contribution in [0, 0.1) is 0 Å². The lowest BCUT2D eigenvalue weighted by atomic mass is 9.87. The summed E-state index contributed by atoms with van der Waals surface area (Å²) >= 11 is 0. The van der Waals surface area contributed by atoms with Gasteiger partial charge in [-0.1, -0.05) is 89.4 Å². The van der Waals surface area contributed by atoms with Crippen LogP contribution in [0.3, 0.4) is 0 Å². The Morgan fingerprint density at radius 2 is 1.62 bits per heavy atom. The summed E-state index contributed by atoms with van der Waals surface area (Å²) in [5, 5.41) is 0. The van der Waals surface area contributed by atoms with Crippen molar-refractivity contribution in [1.82, 2.24) is 0 Å². The zero-order valence-electron chi connectivity index (χ0n) is 14.2. The second kappa shape index (κ2) is 14.5. The third-order valence-electron chi connectivity index (χ3n) is 2.64. The van der Waals surface area contributed by atoms with Gasteiger partial charge in [0.1, 0.15) is 5.78 Å². The Morgan fingerprint density at radius 3 is 2.00 bits per heavy atom. The van der Waals surface area contributed by atoms with Crippen molar-refractivity contribution in [3.05, 3.63) is 72.9 Å². The van der Waals surface area contributed by atoms with Crippen molar-refractivity contribution in [2.75, 3.05) is 0 Å². The Bertz CT molecular complexity index is 426. The molecule has 1 heteroatoms. The van der Waals surface area contributed by atoms with Gasteiger partial charge in [0, 0.05) is 12.3 Å². The van der Waals surface area contributed by atoms with E-state index in [1.807, 2.05) is 64.1 Å². The maximum Gasteiger partial charge on any atom is 0.130 e. The number of carbonyl (C=O) groups excluding carboxylic acids is 1. The van der Waals surface area contributed by atoms with Crippen molar-refractivity contribution in [3.63, 3.8) is 0 Å². The standard InChI is InChI=1S/C16H18O.2C2H6/c1-4-9-14(5-2)16(12-13(3)17)15-10-7-6-8-11-15;2*1-2/h4-11,16H,1-2,12H2,3H3;2*1-2H3/b14-9+;;. The van der Waals surface area contributed by atoms with E-state index in [0.29, 0.717) is 6.42 Å². The van der Waals surface area contributed by atoms with E-state index < -0.39 is 0 Å². The monoisotopic (exact) mass is 286 g/mol. The molecule has 0 N–H and O–H groups in total. The van der Waals surface area contributed by atoms with Gasteiger partial charge in [-0.3, -0.25) is 4.79 Å². The van der Waals surface area contributed by atoms with E-state index in [1.54, 1.807) is 19.1 Å². The van der Waals surface area contributed by atoms with E-state index in [1.165, 1.54) is 0 Å². The van der Waals surface area contributed by atoms with Crippen molar-refractivity contribution in [2.45, 2.75) is 47.0 Å². The first-order valence-corrected chi connectivity index (χ1v) is 7.68. The van der Waals surface area contributed by atoms with Crippen LogP contribution in [0.2, 0.25) is 0 Å². The van der Waals surface area contributed by atoms with Crippen molar-refractivity contribution >= 4 is 5.78 Å². The molecular formula is C20H30O. The first kappa shape index (κ1) is 21.4. The van der Waals surface area contributed by atoms with Crippen molar-refractivity contribution in [1.29, 1.82) is 0 Å². The second-order valence-corrected chi connectivity index (χ2v) is 3.98. The molecule has 0 spiro atoms. The Labute approximate surface area is 131 Å². The van der Waals surface area contributed by atoms with Crippen molar-refractivity contribution in [3.8, 4) is 0 Å². The normalized spacial score (nSPS) is 11.0. The van der Waals surface area contributed by atoms with Crippen LogP contribution in [0.25, 0.3) is 0 Å². The topological polar surface area (TPSA) is 17.1 Å². The summed E-state index contributed by atoms with van der Waals surface area (Å²) < 4.78 is 0. The van der Waals surface area contributed by atoms with Crippen LogP contribution in [0.1, 0.15) is 52.5 Å². The van der Waals surface area contributed by atoms with Crippen LogP contribution >= 0.6 is 0 Å². The second-order valence-electron chi connectivity index (χ2n) is 3.98. The minimum Gasteiger partial charge on any atom is -0.300 e. The molecule has 0 heterocycles. The van der Waals surface area contributed by atoms with Crippen LogP contribution < -0.4 is 0 Å². The number of carbonyl (C=O) groups is 1. The Balaban J connectivity index is 0. The highest BCUT2D eigenvalue weighted by Crippen LogP contribution is 2.28. The molecule has 0 fully saturated rings. The third kappa shape index (κ3) is 8.80. The lowest BCUT2D eigenvalue weighted by Gasteiger charge is -2.17. The molecule has 1 aromatic carbocycles. The van der Waals surface area contributed by atoms with Gasteiger partial charge < -0.3 is 0 Å². The predicted molar refractivity (Wildman–Crippen MR) is 95.7 cm³/mol. The summed E-state index contributed by atoms with van der Waals surface area (Å²) in [6.45, 7) is 17.1. The minimum atomic E-state index is 0.0733. The number of ketones is 1. The SMILES string of the molecule is C=C/C=C(\C=C)C(CC(C)=O)c1ccccc1.CC.CC. The van der Waals surface area contributed by atoms with E-state index in [2.05, 4.69) is 13.2 Å². The molecule has 0 aliphatic rings. The Hall–Kier alpha value is -1.89. The Kier molecular flexibility index (Phi) is 14.8. The van der Waals surface area contributed by atoms with Crippen LogP contribution in [0.4, 0.5) is 0 Å². The van der Waals surface area contributed by atoms with Gasteiger partial charge in [-0.05, 0) is 18.1 Å². The molecule has 1 nitrogen and oxygen atoms in total. The highest BCUT2D eigenvalue weighted by molar-refractivity contribution is 5.77. The average molecular weight is 286 g/mol. The van der Waals surface area contributed by atoms with E-state index in [-0.39, 0.29) is 11.7 Å².